The molecule has 134 valence electrons. The molecule has 0 radical (unpaired) electrons. The quantitative estimate of drug-likeness (QED) is 0.727. The van der Waals surface area contributed by atoms with Gasteiger partial charge in [0.05, 0.1) is 11.8 Å². The lowest BCUT2D eigenvalue weighted by Gasteiger charge is -2.34. The first-order valence-corrected chi connectivity index (χ1v) is 10.00. The number of likely N-dealkylation sites (tertiary alicyclic amines) is 2. The van der Waals surface area contributed by atoms with E-state index in [4.69, 9.17) is 0 Å². The van der Waals surface area contributed by atoms with E-state index in [0.29, 0.717) is 0 Å². The molecule has 3 rings (SSSR count). The molecule has 1 aliphatic carbocycles. The van der Waals surface area contributed by atoms with Crippen LogP contribution in [-0.4, -0.2) is 47.8 Å². The van der Waals surface area contributed by atoms with Gasteiger partial charge in [-0.05, 0) is 38.5 Å². The van der Waals surface area contributed by atoms with Crippen LogP contribution in [0.25, 0.3) is 0 Å². The summed E-state index contributed by atoms with van der Waals surface area (Å²) >= 11 is 0. The van der Waals surface area contributed by atoms with Crippen molar-refractivity contribution in [3.63, 3.8) is 0 Å². The van der Waals surface area contributed by atoms with E-state index in [0.717, 1.165) is 64.7 Å². The third-order valence-corrected chi connectivity index (χ3v) is 5.90. The Bertz CT molecular complexity index is 416. The number of hydrogen-bond donors (Lipinski definition) is 0. The highest BCUT2D eigenvalue weighted by atomic mass is 16.2. The molecule has 0 N–H and O–H groups in total. The van der Waals surface area contributed by atoms with Gasteiger partial charge < -0.3 is 9.80 Å². The van der Waals surface area contributed by atoms with E-state index in [1.54, 1.807) is 0 Å². The van der Waals surface area contributed by atoms with Crippen LogP contribution in [0, 0.1) is 11.8 Å². The molecule has 2 amide bonds. The van der Waals surface area contributed by atoms with Gasteiger partial charge in [0.2, 0.25) is 11.8 Å². The first-order chi connectivity index (χ1) is 11.8. The Hall–Kier alpha value is -1.32. The molecular formula is C20H32N2O2. The van der Waals surface area contributed by atoms with E-state index in [1.165, 1.54) is 25.7 Å². The van der Waals surface area contributed by atoms with Crippen LogP contribution in [0.2, 0.25) is 0 Å². The third-order valence-electron chi connectivity index (χ3n) is 5.90. The second kappa shape index (κ2) is 8.68. The van der Waals surface area contributed by atoms with E-state index in [2.05, 4.69) is 12.2 Å². The number of hydrogen-bond acceptors (Lipinski definition) is 2. The minimum atomic E-state index is -0.135. The number of carbonyl (C=O) groups excluding carboxylic acids is 2. The Labute approximate surface area is 146 Å². The smallest absolute Gasteiger partial charge is 0.226 e. The average molecular weight is 332 g/mol. The SMILES string of the molecule is O=C([C@H]1CC=CC[C@H]1C(=O)N1CCCCCC1)N1CCCCCC1. The van der Waals surface area contributed by atoms with Gasteiger partial charge in [-0.3, -0.25) is 9.59 Å². The highest BCUT2D eigenvalue weighted by Gasteiger charge is 2.38. The molecule has 4 nitrogen and oxygen atoms in total. The average Bonchev–Trinajstić information content (AvgIpc) is 3.05. The Morgan fingerprint density at radius 2 is 0.917 bits per heavy atom. The highest BCUT2D eigenvalue weighted by molar-refractivity contribution is 5.88. The van der Waals surface area contributed by atoms with Gasteiger partial charge in [0.25, 0.3) is 0 Å². The van der Waals surface area contributed by atoms with E-state index in [1.807, 2.05) is 9.80 Å². The van der Waals surface area contributed by atoms with Crippen LogP contribution in [0.3, 0.4) is 0 Å². The van der Waals surface area contributed by atoms with Crippen LogP contribution >= 0.6 is 0 Å². The van der Waals surface area contributed by atoms with Gasteiger partial charge in [-0.25, -0.2) is 0 Å². The van der Waals surface area contributed by atoms with Crippen LogP contribution in [-0.2, 0) is 9.59 Å². The third kappa shape index (κ3) is 4.20. The highest BCUT2D eigenvalue weighted by Crippen LogP contribution is 2.30. The molecule has 0 aromatic rings. The predicted octanol–water partition coefficient (Wildman–Crippen LogP) is 3.37. The fraction of sp³-hybridized carbons (Fsp3) is 0.800. The summed E-state index contributed by atoms with van der Waals surface area (Å²) < 4.78 is 0. The summed E-state index contributed by atoms with van der Waals surface area (Å²) in [7, 11) is 0. The molecule has 2 atom stereocenters. The van der Waals surface area contributed by atoms with Crippen molar-refractivity contribution in [1.82, 2.24) is 9.80 Å². The second-order valence-corrected chi connectivity index (χ2v) is 7.63. The summed E-state index contributed by atoms with van der Waals surface area (Å²) in [5.74, 6) is 0.191. The first kappa shape index (κ1) is 17.5. The maximum atomic E-state index is 13.1. The number of amides is 2. The van der Waals surface area contributed by atoms with E-state index in [-0.39, 0.29) is 23.7 Å². The maximum Gasteiger partial charge on any atom is 0.226 e. The number of carbonyl (C=O) groups is 2. The molecule has 2 aliphatic heterocycles. The fourth-order valence-electron chi connectivity index (χ4n) is 4.41. The number of nitrogens with zero attached hydrogens (tertiary/aromatic N) is 2. The summed E-state index contributed by atoms with van der Waals surface area (Å²) in [6.45, 7) is 3.51. The van der Waals surface area contributed by atoms with Crippen molar-refractivity contribution in [2.45, 2.75) is 64.2 Å². The Morgan fingerprint density at radius 3 is 1.25 bits per heavy atom. The van der Waals surface area contributed by atoms with Gasteiger partial charge in [0.15, 0.2) is 0 Å². The van der Waals surface area contributed by atoms with Gasteiger partial charge in [0, 0.05) is 26.2 Å². The molecule has 3 aliphatic rings. The predicted molar refractivity (Wildman–Crippen MR) is 95.5 cm³/mol. The lowest BCUT2D eigenvalue weighted by Crippen LogP contribution is -2.46. The zero-order valence-corrected chi connectivity index (χ0v) is 14.9. The standard InChI is InChI=1S/C20H32N2O2/c23-19(21-13-7-1-2-8-14-21)17-11-5-6-12-18(17)20(24)22-15-9-3-4-10-16-22/h5-6,17-18H,1-4,7-16H2/t17-,18+. The lowest BCUT2D eigenvalue weighted by atomic mass is 9.81. The number of rotatable bonds is 2. The molecule has 0 aromatic carbocycles. The van der Waals surface area contributed by atoms with E-state index >= 15 is 0 Å². The molecule has 0 bridgehead atoms. The van der Waals surface area contributed by atoms with Crippen LogP contribution in [0.4, 0.5) is 0 Å². The molecule has 0 saturated carbocycles. The lowest BCUT2D eigenvalue weighted by molar-refractivity contribution is -0.146. The van der Waals surface area contributed by atoms with Crippen LogP contribution < -0.4 is 0 Å². The largest absolute Gasteiger partial charge is 0.342 e. The van der Waals surface area contributed by atoms with Crippen molar-refractivity contribution in [2.75, 3.05) is 26.2 Å². The molecule has 0 unspecified atom stereocenters. The number of allylic oxidation sites excluding steroid dienone is 2. The molecule has 4 heteroatoms. The van der Waals surface area contributed by atoms with Gasteiger partial charge in [-0.1, -0.05) is 37.8 Å². The van der Waals surface area contributed by atoms with Gasteiger partial charge in [-0.15, -0.1) is 0 Å². The summed E-state index contributed by atoms with van der Waals surface area (Å²) in [5.41, 5.74) is 0. The summed E-state index contributed by atoms with van der Waals surface area (Å²) in [5, 5.41) is 0. The fourth-order valence-corrected chi connectivity index (χ4v) is 4.41. The molecule has 2 heterocycles. The van der Waals surface area contributed by atoms with Crippen molar-refractivity contribution in [2.24, 2.45) is 11.8 Å². The Balaban J connectivity index is 1.69. The minimum Gasteiger partial charge on any atom is -0.342 e. The van der Waals surface area contributed by atoms with Crippen molar-refractivity contribution in [3.8, 4) is 0 Å². The molecule has 0 spiro atoms. The van der Waals surface area contributed by atoms with E-state index < -0.39 is 0 Å². The van der Waals surface area contributed by atoms with Crippen LogP contribution in [0.5, 0.6) is 0 Å². The molecule has 2 saturated heterocycles. The summed E-state index contributed by atoms with van der Waals surface area (Å²) in [4.78, 5) is 30.3. The van der Waals surface area contributed by atoms with Crippen LogP contribution in [0.1, 0.15) is 64.2 Å². The Morgan fingerprint density at radius 1 is 0.583 bits per heavy atom. The minimum absolute atomic E-state index is 0.135. The van der Waals surface area contributed by atoms with Gasteiger partial charge >= 0.3 is 0 Å². The first-order valence-electron chi connectivity index (χ1n) is 10.00. The van der Waals surface area contributed by atoms with E-state index in [9.17, 15) is 9.59 Å². The van der Waals surface area contributed by atoms with Crippen molar-refractivity contribution < 1.29 is 9.59 Å². The van der Waals surface area contributed by atoms with Gasteiger partial charge in [0.1, 0.15) is 0 Å². The van der Waals surface area contributed by atoms with Crippen molar-refractivity contribution in [1.29, 1.82) is 0 Å². The monoisotopic (exact) mass is 332 g/mol. The maximum absolute atomic E-state index is 13.1. The normalized spacial score (nSPS) is 29.0. The molecule has 24 heavy (non-hydrogen) atoms. The van der Waals surface area contributed by atoms with Gasteiger partial charge in [-0.2, -0.15) is 0 Å². The zero-order chi connectivity index (χ0) is 16.8. The molecule has 2 fully saturated rings. The molecular weight excluding hydrogens is 300 g/mol. The van der Waals surface area contributed by atoms with Crippen LogP contribution in [0.15, 0.2) is 12.2 Å². The Kier molecular flexibility index (Phi) is 6.33. The zero-order valence-electron chi connectivity index (χ0n) is 14.9. The second-order valence-electron chi connectivity index (χ2n) is 7.63. The summed E-state index contributed by atoms with van der Waals surface area (Å²) in [6.07, 6.45) is 15.0. The summed E-state index contributed by atoms with van der Waals surface area (Å²) in [6, 6.07) is 0. The topological polar surface area (TPSA) is 40.6 Å². The molecule has 0 aromatic heterocycles. The van der Waals surface area contributed by atoms with Crippen molar-refractivity contribution in [3.05, 3.63) is 12.2 Å². The van der Waals surface area contributed by atoms with Crippen molar-refractivity contribution >= 4 is 11.8 Å².